The largest absolute Gasteiger partial charge is 0.355 e. The average Bonchev–Trinajstić information content (AvgIpc) is 2.21. The summed E-state index contributed by atoms with van der Waals surface area (Å²) in [4.78, 5) is 27.1. The number of aromatic nitrogens is 3. The maximum Gasteiger partial charge on any atom is 0.355 e. The molecule has 6 nitrogen and oxygen atoms in total. The second-order valence-electron chi connectivity index (χ2n) is 3.58. The lowest BCUT2D eigenvalue weighted by atomic mass is 10.4. The minimum Gasteiger partial charge on any atom is -0.344 e. The first-order chi connectivity index (χ1) is 7.49. The molecule has 16 heavy (non-hydrogen) atoms. The van der Waals surface area contributed by atoms with Gasteiger partial charge < -0.3 is 5.32 Å². The van der Waals surface area contributed by atoms with E-state index < -0.39 is 11.4 Å². The van der Waals surface area contributed by atoms with Crippen LogP contribution in [-0.2, 0) is 7.05 Å². The summed E-state index contributed by atoms with van der Waals surface area (Å²) in [6, 6.07) is -0.222. The third kappa shape index (κ3) is 2.14. The molecule has 0 aliphatic heterocycles. The van der Waals surface area contributed by atoms with Crippen molar-refractivity contribution in [1.82, 2.24) is 14.1 Å². The molecule has 1 heterocycles. The van der Waals surface area contributed by atoms with Crippen molar-refractivity contribution in [3.8, 4) is 12.3 Å². The van der Waals surface area contributed by atoms with Crippen LogP contribution in [0, 0.1) is 12.3 Å². The third-order valence-electron chi connectivity index (χ3n) is 2.08. The van der Waals surface area contributed by atoms with E-state index in [4.69, 9.17) is 6.42 Å². The maximum atomic E-state index is 11.8. The smallest absolute Gasteiger partial charge is 0.344 e. The zero-order chi connectivity index (χ0) is 12.3. The summed E-state index contributed by atoms with van der Waals surface area (Å²) in [6.45, 7) is 3.71. The van der Waals surface area contributed by atoms with E-state index in [1.165, 1.54) is 11.6 Å². The molecule has 0 unspecified atom stereocenters. The average molecular weight is 222 g/mol. The highest BCUT2D eigenvalue weighted by molar-refractivity contribution is 5.25. The number of anilines is 1. The topological polar surface area (TPSA) is 68.9 Å². The molecule has 1 rings (SSSR count). The lowest BCUT2D eigenvalue weighted by Crippen LogP contribution is -2.42. The molecule has 1 aromatic heterocycles. The lowest BCUT2D eigenvalue weighted by Gasteiger charge is -2.12. The molecular weight excluding hydrogens is 208 g/mol. The molecule has 6 heteroatoms. The summed E-state index contributed by atoms with van der Waals surface area (Å²) < 4.78 is 2.35. The quantitative estimate of drug-likeness (QED) is 0.704. The van der Waals surface area contributed by atoms with Crippen LogP contribution < -0.4 is 16.7 Å². The van der Waals surface area contributed by atoms with Crippen LogP contribution in [-0.4, -0.2) is 20.7 Å². The molecule has 0 spiro atoms. The van der Waals surface area contributed by atoms with Gasteiger partial charge in [0.05, 0.1) is 6.54 Å². The van der Waals surface area contributed by atoms with Crippen LogP contribution in [0.5, 0.6) is 0 Å². The van der Waals surface area contributed by atoms with Gasteiger partial charge in [-0.3, -0.25) is 4.57 Å². The number of rotatable bonds is 3. The van der Waals surface area contributed by atoms with E-state index in [0.717, 1.165) is 4.57 Å². The van der Waals surface area contributed by atoms with E-state index in [2.05, 4.69) is 16.2 Å². The summed E-state index contributed by atoms with van der Waals surface area (Å²) >= 11 is 0. The molecule has 0 aliphatic carbocycles. The molecule has 1 N–H and O–H groups in total. The maximum absolute atomic E-state index is 11.8. The van der Waals surface area contributed by atoms with Gasteiger partial charge in [0.1, 0.15) is 0 Å². The molecule has 0 fully saturated rings. The Labute approximate surface area is 92.9 Å². The second-order valence-corrected chi connectivity index (χ2v) is 3.58. The summed E-state index contributed by atoms with van der Waals surface area (Å²) in [7, 11) is 1.53. The fraction of sp³-hybridized carbons (Fsp3) is 0.500. The molecule has 1 aromatic rings. The predicted molar refractivity (Wildman–Crippen MR) is 61.4 cm³/mol. The number of terminal acetylenes is 1. The third-order valence-corrected chi connectivity index (χ3v) is 2.08. The number of hydrogen-bond donors (Lipinski definition) is 1. The fourth-order valence-corrected chi connectivity index (χ4v) is 1.28. The van der Waals surface area contributed by atoms with Gasteiger partial charge in [0.25, 0.3) is 0 Å². The first-order valence-electron chi connectivity index (χ1n) is 4.86. The lowest BCUT2D eigenvalue weighted by molar-refractivity contribution is 0.505. The zero-order valence-corrected chi connectivity index (χ0v) is 9.52. The van der Waals surface area contributed by atoms with Gasteiger partial charge in [0, 0.05) is 13.1 Å². The van der Waals surface area contributed by atoms with Gasteiger partial charge in [-0.1, -0.05) is 5.92 Å². The molecule has 86 valence electrons. The van der Waals surface area contributed by atoms with Crippen LogP contribution >= 0.6 is 0 Å². The molecule has 0 aromatic carbocycles. The fourth-order valence-electron chi connectivity index (χ4n) is 1.28. The van der Waals surface area contributed by atoms with E-state index in [1.807, 2.05) is 0 Å². The minimum atomic E-state index is -0.572. The van der Waals surface area contributed by atoms with E-state index in [9.17, 15) is 9.59 Å². The molecule has 0 saturated carbocycles. The van der Waals surface area contributed by atoms with E-state index in [0.29, 0.717) is 0 Å². The molecule has 0 saturated heterocycles. The van der Waals surface area contributed by atoms with Crippen molar-refractivity contribution in [2.45, 2.75) is 19.9 Å². The molecule has 0 radical (unpaired) electrons. The van der Waals surface area contributed by atoms with E-state index in [-0.39, 0.29) is 18.5 Å². The Hall–Kier alpha value is -2.03. The molecule has 0 atom stereocenters. The Morgan fingerprint density at radius 2 is 2.12 bits per heavy atom. The summed E-state index contributed by atoms with van der Waals surface area (Å²) in [5, 5.41) is 2.71. The van der Waals surface area contributed by atoms with Crippen molar-refractivity contribution in [2.75, 3.05) is 11.9 Å². The van der Waals surface area contributed by atoms with Gasteiger partial charge >= 0.3 is 11.4 Å². The van der Waals surface area contributed by atoms with Gasteiger partial charge in [0.2, 0.25) is 5.95 Å². The van der Waals surface area contributed by atoms with Gasteiger partial charge in [-0.05, 0) is 13.8 Å². The first-order valence-corrected chi connectivity index (χ1v) is 4.86. The number of nitrogens with zero attached hydrogens (tertiary/aromatic N) is 3. The van der Waals surface area contributed by atoms with Gasteiger partial charge in [-0.25, -0.2) is 14.2 Å². The van der Waals surface area contributed by atoms with Crippen molar-refractivity contribution in [2.24, 2.45) is 7.05 Å². The Morgan fingerprint density at radius 1 is 1.50 bits per heavy atom. The first kappa shape index (κ1) is 12.0. The normalized spacial score (nSPS) is 10.2. The molecule has 0 aliphatic rings. The molecular formula is C10H14N4O2. The van der Waals surface area contributed by atoms with Gasteiger partial charge in [-0.2, -0.15) is 4.98 Å². The van der Waals surface area contributed by atoms with Crippen molar-refractivity contribution < 1.29 is 0 Å². The van der Waals surface area contributed by atoms with Crippen LogP contribution in [0.4, 0.5) is 5.95 Å². The van der Waals surface area contributed by atoms with Crippen LogP contribution in [0.25, 0.3) is 0 Å². The Kier molecular flexibility index (Phi) is 3.51. The van der Waals surface area contributed by atoms with E-state index >= 15 is 0 Å². The highest BCUT2D eigenvalue weighted by Crippen LogP contribution is 1.97. The van der Waals surface area contributed by atoms with Crippen LogP contribution in [0.3, 0.4) is 0 Å². The SMILES string of the molecule is C#CCNc1nc(=O)n(C(C)C)c(=O)n1C. The Morgan fingerprint density at radius 3 is 2.62 bits per heavy atom. The van der Waals surface area contributed by atoms with E-state index in [1.54, 1.807) is 13.8 Å². The summed E-state index contributed by atoms with van der Waals surface area (Å²) in [6.07, 6.45) is 5.07. The second kappa shape index (κ2) is 4.66. The van der Waals surface area contributed by atoms with Crippen molar-refractivity contribution in [3.63, 3.8) is 0 Å². The standard InChI is InChI=1S/C10H14N4O2/c1-5-6-11-8-12-9(15)14(7(2)3)10(16)13(8)4/h1,7H,6H2,2-4H3,(H,11,12,15). The van der Waals surface area contributed by atoms with Crippen LogP contribution in [0.15, 0.2) is 9.59 Å². The predicted octanol–water partition coefficient (Wildman–Crippen LogP) is -0.432. The Balaban J connectivity index is 3.36. The Bertz CT molecular complexity index is 533. The molecule has 0 amide bonds. The molecule has 0 bridgehead atoms. The summed E-state index contributed by atoms with van der Waals surface area (Å²) in [5.74, 6) is 2.53. The van der Waals surface area contributed by atoms with Gasteiger partial charge in [0.15, 0.2) is 0 Å². The van der Waals surface area contributed by atoms with Crippen molar-refractivity contribution in [3.05, 3.63) is 21.0 Å². The minimum absolute atomic E-state index is 0.185. The van der Waals surface area contributed by atoms with Gasteiger partial charge in [-0.15, -0.1) is 6.42 Å². The zero-order valence-electron chi connectivity index (χ0n) is 9.52. The van der Waals surface area contributed by atoms with Crippen molar-refractivity contribution in [1.29, 1.82) is 0 Å². The van der Waals surface area contributed by atoms with Crippen LogP contribution in [0.2, 0.25) is 0 Å². The van der Waals surface area contributed by atoms with Crippen LogP contribution in [0.1, 0.15) is 19.9 Å². The highest BCUT2D eigenvalue weighted by Gasteiger charge is 2.11. The van der Waals surface area contributed by atoms with Crippen molar-refractivity contribution >= 4 is 5.95 Å². The monoisotopic (exact) mass is 222 g/mol. The summed E-state index contributed by atoms with van der Waals surface area (Å²) in [5.41, 5.74) is -0.979. The number of nitrogens with one attached hydrogen (secondary N) is 1. The highest BCUT2D eigenvalue weighted by atomic mass is 16.2. The number of hydrogen-bond acceptors (Lipinski definition) is 4.